The molecule has 0 aromatic heterocycles. The molecule has 0 aliphatic carbocycles. The van der Waals surface area contributed by atoms with E-state index < -0.39 is 6.04 Å². The second-order valence-electron chi connectivity index (χ2n) is 7.10. The fourth-order valence-electron chi connectivity index (χ4n) is 3.35. The molecule has 0 aliphatic heterocycles. The molecule has 3 aromatic carbocycles. The van der Waals surface area contributed by atoms with Crippen LogP contribution >= 0.6 is 0 Å². The molecule has 2 N–H and O–H groups in total. The van der Waals surface area contributed by atoms with Crippen LogP contribution in [0.4, 0.5) is 5.69 Å². The first-order valence-electron chi connectivity index (χ1n) is 9.98. The number of benzene rings is 3. The van der Waals surface area contributed by atoms with Gasteiger partial charge in [0, 0.05) is 17.8 Å². The van der Waals surface area contributed by atoms with Crippen LogP contribution in [0.2, 0.25) is 0 Å². The highest BCUT2D eigenvalue weighted by Gasteiger charge is 2.20. The molecule has 2 atom stereocenters. The Balaban J connectivity index is 1.71. The van der Waals surface area contributed by atoms with Gasteiger partial charge in [-0.05, 0) is 36.6 Å². The van der Waals surface area contributed by atoms with Crippen LogP contribution in [0.1, 0.15) is 24.1 Å². The average Bonchev–Trinajstić information content (AvgIpc) is 2.79. The van der Waals surface area contributed by atoms with Gasteiger partial charge in [-0.3, -0.25) is 10.1 Å². The highest BCUT2D eigenvalue weighted by Crippen LogP contribution is 2.29. The van der Waals surface area contributed by atoms with Crippen molar-refractivity contribution in [1.29, 1.82) is 0 Å². The number of amides is 1. The first-order valence-corrected chi connectivity index (χ1v) is 9.98. The first-order chi connectivity index (χ1) is 14.6. The van der Waals surface area contributed by atoms with Crippen LogP contribution in [0.25, 0.3) is 0 Å². The van der Waals surface area contributed by atoms with E-state index in [1.165, 1.54) is 5.56 Å². The first kappa shape index (κ1) is 21.4. The number of anilines is 1. The van der Waals surface area contributed by atoms with Crippen LogP contribution in [0.15, 0.2) is 78.9 Å². The number of carbonyl (C=O) groups is 1. The molecule has 156 valence electrons. The maximum absolute atomic E-state index is 12.8. The standard InChI is InChI=1S/C25H28N2O3/c1-18(25(28)27-21-14-15-23(29-2)24(17-21)30-3)26-22(20-12-8-5-9-13-20)16-19-10-6-4-7-11-19/h4-15,17-18,22,26H,16H2,1-3H3,(H,27,28). The SMILES string of the molecule is COc1ccc(NC(=O)C(C)NC(Cc2ccccc2)c2ccccc2)cc1OC. The van der Waals surface area contributed by atoms with Gasteiger partial charge in [-0.2, -0.15) is 0 Å². The summed E-state index contributed by atoms with van der Waals surface area (Å²) >= 11 is 0. The van der Waals surface area contributed by atoms with Gasteiger partial charge in [-0.25, -0.2) is 0 Å². The zero-order chi connectivity index (χ0) is 21.3. The van der Waals surface area contributed by atoms with Gasteiger partial charge in [-0.15, -0.1) is 0 Å². The molecule has 1 amide bonds. The largest absolute Gasteiger partial charge is 0.493 e. The van der Waals surface area contributed by atoms with E-state index in [0.29, 0.717) is 17.2 Å². The Hall–Kier alpha value is -3.31. The van der Waals surface area contributed by atoms with Crippen molar-refractivity contribution in [3.8, 4) is 11.5 Å². The minimum Gasteiger partial charge on any atom is -0.493 e. The van der Waals surface area contributed by atoms with Gasteiger partial charge >= 0.3 is 0 Å². The second kappa shape index (κ2) is 10.5. The van der Waals surface area contributed by atoms with Crippen molar-refractivity contribution in [2.75, 3.05) is 19.5 Å². The van der Waals surface area contributed by atoms with Crippen LogP contribution < -0.4 is 20.1 Å². The third-order valence-electron chi connectivity index (χ3n) is 4.98. The number of hydrogen-bond donors (Lipinski definition) is 2. The van der Waals surface area contributed by atoms with Crippen molar-refractivity contribution in [1.82, 2.24) is 5.32 Å². The Bertz CT molecular complexity index is 945. The summed E-state index contributed by atoms with van der Waals surface area (Å²) in [6.45, 7) is 1.87. The maximum Gasteiger partial charge on any atom is 0.241 e. The fourth-order valence-corrected chi connectivity index (χ4v) is 3.35. The molecule has 0 fully saturated rings. The molecule has 0 saturated heterocycles. The summed E-state index contributed by atoms with van der Waals surface area (Å²) in [7, 11) is 3.15. The van der Waals surface area contributed by atoms with E-state index in [2.05, 4.69) is 34.9 Å². The lowest BCUT2D eigenvalue weighted by molar-refractivity contribution is -0.118. The zero-order valence-corrected chi connectivity index (χ0v) is 17.6. The molecule has 5 heteroatoms. The third kappa shape index (κ3) is 5.61. The van der Waals surface area contributed by atoms with E-state index in [-0.39, 0.29) is 11.9 Å². The summed E-state index contributed by atoms with van der Waals surface area (Å²) in [5, 5.41) is 6.44. The Morgan fingerprint density at radius 1 is 0.867 bits per heavy atom. The summed E-state index contributed by atoms with van der Waals surface area (Å²) in [6, 6.07) is 25.4. The number of carbonyl (C=O) groups excluding carboxylic acids is 1. The van der Waals surface area contributed by atoms with Gasteiger partial charge in [0.15, 0.2) is 11.5 Å². The van der Waals surface area contributed by atoms with E-state index >= 15 is 0 Å². The minimum atomic E-state index is -0.396. The quantitative estimate of drug-likeness (QED) is 0.547. The average molecular weight is 405 g/mol. The number of methoxy groups -OCH3 is 2. The summed E-state index contributed by atoms with van der Waals surface area (Å²) < 4.78 is 10.6. The molecule has 0 bridgehead atoms. The van der Waals surface area contributed by atoms with Crippen molar-refractivity contribution in [2.24, 2.45) is 0 Å². The Labute approximate surface area is 178 Å². The second-order valence-corrected chi connectivity index (χ2v) is 7.10. The molecule has 3 aromatic rings. The third-order valence-corrected chi connectivity index (χ3v) is 4.98. The van der Waals surface area contributed by atoms with Gasteiger partial charge in [-0.1, -0.05) is 60.7 Å². The minimum absolute atomic E-state index is 0.0137. The van der Waals surface area contributed by atoms with Gasteiger partial charge in [0.2, 0.25) is 5.91 Å². The van der Waals surface area contributed by atoms with Gasteiger partial charge < -0.3 is 14.8 Å². The monoisotopic (exact) mass is 404 g/mol. The van der Waals surface area contributed by atoms with Crippen molar-refractivity contribution < 1.29 is 14.3 Å². The molecular formula is C25H28N2O3. The predicted octanol–water partition coefficient (Wildman–Crippen LogP) is 4.60. The van der Waals surface area contributed by atoms with Crippen molar-refractivity contribution in [2.45, 2.75) is 25.4 Å². The van der Waals surface area contributed by atoms with Crippen LogP contribution in [-0.2, 0) is 11.2 Å². The van der Waals surface area contributed by atoms with Crippen molar-refractivity contribution in [3.05, 3.63) is 90.0 Å². The maximum atomic E-state index is 12.8. The Kier molecular flexibility index (Phi) is 7.46. The molecule has 0 radical (unpaired) electrons. The van der Waals surface area contributed by atoms with Crippen molar-refractivity contribution in [3.63, 3.8) is 0 Å². The van der Waals surface area contributed by atoms with Gasteiger partial charge in [0.05, 0.1) is 20.3 Å². The molecular weight excluding hydrogens is 376 g/mol. The van der Waals surface area contributed by atoms with E-state index in [1.54, 1.807) is 32.4 Å². The summed E-state index contributed by atoms with van der Waals surface area (Å²) in [4.78, 5) is 12.8. The molecule has 0 spiro atoms. The topological polar surface area (TPSA) is 59.6 Å². The lowest BCUT2D eigenvalue weighted by Crippen LogP contribution is -2.40. The van der Waals surface area contributed by atoms with E-state index in [9.17, 15) is 4.79 Å². The Morgan fingerprint density at radius 3 is 2.13 bits per heavy atom. The normalized spacial score (nSPS) is 12.6. The van der Waals surface area contributed by atoms with E-state index in [0.717, 1.165) is 12.0 Å². The number of nitrogens with one attached hydrogen (secondary N) is 2. The highest BCUT2D eigenvalue weighted by atomic mass is 16.5. The fraction of sp³-hybridized carbons (Fsp3) is 0.240. The highest BCUT2D eigenvalue weighted by molar-refractivity contribution is 5.94. The smallest absolute Gasteiger partial charge is 0.241 e. The lowest BCUT2D eigenvalue weighted by Gasteiger charge is -2.24. The molecule has 0 saturated carbocycles. The number of rotatable bonds is 9. The van der Waals surface area contributed by atoms with Gasteiger partial charge in [0.1, 0.15) is 0 Å². The summed E-state index contributed by atoms with van der Waals surface area (Å²) in [6.07, 6.45) is 0.791. The number of hydrogen-bond acceptors (Lipinski definition) is 4. The predicted molar refractivity (Wildman–Crippen MR) is 120 cm³/mol. The summed E-state index contributed by atoms with van der Waals surface area (Å²) in [5.74, 6) is 1.08. The van der Waals surface area contributed by atoms with Crippen LogP contribution in [0, 0.1) is 0 Å². The Morgan fingerprint density at radius 2 is 1.50 bits per heavy atom. The molecule has 3 rings (SSSR count). The lowest BCUT2D eigenvalue weighted by atomic mass is 9.98. The molecule has 5 nitrogen and oxygen atoms in total. The number of ether oxygens (including phenoxy) is 2. The van der Waals surface area contributed by atoms with Gasteiger partial charge in [0.25, 0.3) is 0 Å². The zero-order valence-electron chi connectivity index (χ0n) is 17.6. The van der Waals surface area contributed by atoms with Crippen LogP contribution in [0.5, 0.6) is 11.5 Å². The molecule has 0 heterocycles. The van der Waals surface area contributed by atoms with Crippen LogP contribution in [-0.4, -0.2) is 26.2 Å². The molecule has 30 heavy (non-hydrogen) atoms. The van der Waals surface area contributed by atoms with Crippen molar-refractivity contribution >= 4 is 11.6 Å². The van der Waals surface area contributed by atoms with E-state index in [4.69, 9.17) is 9.47 Å². The summed E-state index contributed by atoms with van der Waals surface area (Å²) in [5.41, 5.74) is 3.02. The van der Waals surface area contributed by atoms with Crippen LogP contribution in [0.3, 0.4) is 0 Å². The molecule has 2 unspecified atom stereocenters. The van der Waals surface area contributed by atoms with E-state index in [1.807, 2.05) is 43.3 Å². The molecule has 0 aliphatic rings.